The van der Waals surface area contributed by atoms with Gasteiger partial charge in [0.15, 0.2) is 0 Å². The van der Waals surface area contributed by atoms with Crippen LogP contribution in [0.25, 0.3) is 0 Å². The molecule has 6 heteroatoms. The molecule has 1 atom stereocenters. The molecule has 1 aromatic carbocycles. The van der Waals surface area contributed by atoms with Crippen LogP contribution in [0.1, 0.15) is 23.2 Å². The molecule has 2 rings (SSSR count). The molecule has 0 spiro atoms. The maximum atomic E-state index is 12.3. The Bertz CT molecular complexity index is 478. The van der Waals surface area contributed by atoms with Crippen LogP contribution in [0.4, 0.5) is 8.78 Å². The van der Waals surface area contributed by atoms with Crippen LogP contribution in [0.2, 0.25) is 0 Å². The van der Waals surface area contributed by atoms with E-state index in [4.69, 9.17) is 5.73 Å². The van der Waals surface area contributed by atoms with Crippen molar-refractivity contribution >= 4 is 5.91 Å². The van der Waals surface area contributed by atoms with Gasteiger partial charge in [-0.15, -0.1) is 0 Å². The normalized spacial score (nSPS) is 16.1. The number of nitrogens with two attached hydrogens (primary N) is 1. The molecule has 0 aliphatic heterocycles. The molecule has 4 nitrogen and oxygen atoms in total. The highest BCUT2D eigenvalue weighted by Gasteiger charge is 2.35. The monoisotopic (exact) mass is 284 g/mol. The van der Waals surface area contributed by atoms with Crippen molar-refractivity contribution in [3.05, 3.63) is 29.8 Å². The summed E-state index contributed by atoms with van der Waals surface area (Å²) in [6, 6.07) is 5.82. The molecule has 110 valence electrons. The predicted octanol–water partition coefficient (Wildman–Crippen LogP) is 2.10. The molecule has 2 N–H and O–H groups in total. The Balaban J connectivity index is 2.11. The summed E-state index contributed by atoms with van der Waals surface area (Å²) in [4.78, 5) is 13.9. The predicted molar refractivity (Wildman–Crippen MR) is 70.7 cm³/mol. The quantitative estimate of drug-likeness (QED) is 0.870. The highest BCUT2D eigenvalue weighted by Crippen LogP contribution is 2.35. The lowest BCUT2D eigenvalue weighted by molar-refractivity contribution is -0.0499. The smallest absolute Gasteiger partial charge is 0.387 e. The van der Waals surface area contributed by atoms with Gasteiger partial charge in [0, 0.05) is 25.2 Å². The van der Waals surface area contributed by atoms with Gasteiger partial charge in [-0.25, -0.2) is 0 Å². The number of hydrogen-bond acceptors (Lipinski definition) is 3. The van der Waals surface area contributed by atoms with E-state index < -0.39 is 6.61 Å². The van der Waals surface area contributed by atoms with Gasteiger partial charge in [-0.1, -0.05) is 6.07 Å². The maximum Gasteiger partial charge on any atom is 0.387 e. The van der Waals surface area contributed by atoms with Gasteiger partial charge in [0.05, 0.1) is 0 Å². The summed E-state index contributed by atoms with van der Waals surface area (Å²) >= 11 is 0. The SMILES string of the molecule is CN(C(=O)c1cccc(OC(F)F)c1)C(CN)C1CC1. The third-order valence-corrected chi connectivity index (χ3v) is 3.53. The fourth-order valence-corrected chi connectivity index (χ4v) is 2.31. The van der Waals surface area contributed by atoms with Gasteiger partial charge in [-0.05, 0) is 37.0 Å². The molecule has 1 amide bonds. The van der Waals surface area contributed by atoms with Crippen LogP contribution < -0.4 is 10.5 Å². The van der Waals surface area contributed by atoms with Gasteiger partial charge in [0.25, 0.3) is 5.91 Å². The molecule has 0 aromatic heterocycles. The molecular weight excluding hydrogens is 266 g/mol. The minimum atomic E-state index is -2.90. The van der Waals surface area contributed by atoms with Crippen LogP contribution in [0.5, 0.6) is 5.75 Å². The second-order valence-electron chi connectivity index (χ2n) is 4.96. The van der Waals surface area contributed by atoms with Crippen molar-refractivity contribution < 1.29 is 18.3 Å². The number of hydrogen-bond donors (Lipinski definition) is 1. The number of halogens is 2. The van der Waals surface area contributed by atoms with Gasteiger partial charge >= 0.3 is 6.61 Å². The van der Waals surface area contributed by atoms with Crippen molar-refractivity contribution in [1.82, 2.24) is 4.90 Å². The van der Waals surface area contributed by atoms with Crippen molar-refractivity contribution in [2.75, 3.05) is 13.6 Å². The number of carbonyl (C=O) groups is 1. The maximum absolute atomic E-state index is 12.3. The lowest BCUT2D eigenvalue weighted by atomic mass is 10.1. The Morgan fingerprint density at radius 2 is 2.20 bits per heavy atom. The molecule has 1 saturated carbocycles. The summed E-state index contributed by atoms with van der Waals surface area (Å²) in [5.41, 5.74) is 6.03. The number of ether oxygens (including phenoxy) is 1. The Hall–Kier alpha value is -1.69. The minimum Gasteiger partial charge on any atom is -0.435 e. The second-order valence-corrected chi connectivity index (χ2v) is 4.96. The van der Waals surface area contributed by atoms with E-state index >= 15 is 0 Å². The number of likely N-dealkylation sites (N-methyl/N-ethyl adjacent to an activating group) is 1. The van der Waals surface area contributed by atoms with E-state index in [1.807, 2.05) is 0 Å². The molecule has 0 heterocycles. The first kappa shape index (κ1) is 14.7. The van der Waals surface area contributed by atoms with Gasteiger partial charge < -0.3 is 15.4 Å². The third kappa shape index (κ3) is 3.45. The molecule has 20 heavy (non-hydrogen) atoms. The Morgan fingerprint density at radius 1 is 1.50 bits per heavy atom. The summed E-state index contributed by atoms with van der Waals surface area (Å²) in [6.07, 6.45) is 2.15. The average molecular weight is 284 g/mol. The largest absolute Gasteiger partial charge is 0.435 e. The summed E-state index contributed by atoms with van der Waals surface area (Å²) in [7, 11) is 1.69. The first-order chi connectivity index (χ1) is 9.52. The van der Waals surface area contributed by atoms with Crippen LogP contribution in [0, 0.1) is 5.92 Å². The molecular formula is C14H18F2N2O2. The first-order valence-electron chi connectivity index (χ1n) is 6.55. The lowest BCUT2D eigenvalue weighted by Gasteiger charge is -2.27. The lowest BCUT2D eigenvalue weighted by Crippen LogP contribution is -2.43. The molecule has 1 fully saturated rings. The van der Waals surface area contributed by atoms with Crippen molar-refractivity contribution in [1.29, 1.82) is 0 Å². The zero-order valence-electron chi connectivity index (χ0n) is 11.3. The highest BCUT2D eigenvalue weighted by atomic mass is 19.3. The Kier molecular flexibility index (Phi) is 4.54. The van der Waals surface area contributed by atoms with E-state index in [9.17, 15) is 13.6 Å². The van der Waals surface area contributed by atoms with Crippen molar-refractivity contribution in [3.8, 4) is 5.75 Å². The fourth-order valence-electron chi connectivity index (χ4n) is 2.31. The zero-order chi connectivity index (χ0) is 14.7. The van der Waals surface area contributed by atoms with Crippen LogP contribution in [-0.4, -0.2) is 37.1 Å². The van der Waals surface area contributed by atoms with Crippen LogP contribution >= 0.6 is 0 Å². The van der Waals surface area contributed by atoms with Crippen LogP contribution in [0.3, 0.4) is 0 Å². The second kappa shape index (κ2) is 6.17. The Morgan fingerprint density at radius 3 is 2.75 bits per heavy atom. The molecule has 0 bridgehead atoms. The van der Waals surface area contributed by atoms with Gasteiger partial charge in [0.1, 0.15) is 5.75 Å². The molecule has 1 unspecified atom stereocenters. The summed E-state index contributed by atoms with van der Waals surface area (Å²) in [5.74, 6) is 0.205. The Labute approximate surface area is 116 Å². The zero-order valence-corrected chi connectivity index (χ0v) is 11.3. The number of nitrogens with zero attached hydrogens (tertiary/aromatic N) is 1. The van der Waals surface area contributed by atoms with Gasteiger partial charge in [-0.3, -0.25) is 4.79 Å². The number of rotatable bonds is 6. The first-order valence-corrected chi connectivity index (χ1v) is 6.55. The number of alkyl halides is 2. The molecule has 0 radical (unpaired) electrons. The van der Waals surface area contributed by atoms with Gasteiger partial charge in [0.2, 0.25) is 0 Å². The topological polar surface area (TPSA) is 55.6 Å². The number of benzene rings is 1. The minimum absolute atomic E-state index is 0.00201. The molecule has 0 saturated heterocycles. The molecule has 1 aliphatic rings. The van der Waals surface area contributed by atoms with E-state index in [-0.39, 0.29) is 17.7 Å². The summed E-state index contributed by atoms with van der Waals surface area (Å²) < 4.78 is 28.7. The van der Waals surface area contributed by atoms with Crippen LogP contribution in [0.15, 0.2) is 24.3 Å². The summed E-state index contributed by atoms with van der Waals surface area (Å²) in [6.45, 7) is -2.50. The van der Waals surface area contributed by atoms with Crippen molar-refractivity contribution in [3.63, 3.8) is 0 Å². The number of amides is 1. The van der Waals surface area contributed by atoms with Crippen molar-refractivity contribution in [2.45, 2.75) is 25.5 Å². The average Bonchev–Trinajstić information content (AvgIpc) is 3.22. The van der Waals surface area contributed by atoms with E-state index in [0.29, 0.717) is 18.0 Å². The molecule has 1 aliphatic carbocycles. The van der Waals surface area contributed by atoms with Crippen LogP contribution in [-0.2, 0) is 0 Å². The fraction of sp³-hybridized carbons (Fsp3) is 0.500. The highest BCUT2D eigenvalue weighted by molar-refractivity contribution is 5.94. The van der Waals surface area contributed by atoms with E-state index in [1.165, 1.54) is 18.2 Å². The van der Waals surface area contributed by atoms with Gasteiger partial charge in [-0.2, -0.15) is 8.78 Å². The van der Waals surface area contributed by atoms with Crippen molar-refractivity contribution in [2.24, 2.45) is 11.7 Å². The van der Waals surface area contributed by atoms with E-state index in [1.54, 1.807) is 18.0 Å². The number of carbonyl (C=O) groups excluding carboxylic acids is 1. The molecule has 1 aromatic rings. The van der Waals surface area contributed by atoms with E-state index in [0.717, 1.165) is 12.8 Å². The third-order valence-electron chi connectivity index (χ3n) is 3.53. The standard InChI is InChI=1S/C14H18F2N2O2/c1-18(12(8-17)9-5-6-9)13(19)10-3-2-4-11(7-10)20-14(15)16/h2-4,7,9,12,14H,5-6,8,17H2,1H3. The summed E-state index contributed by atoms with van der Waals surface area (Å²) in [5, 5.41) is 0. The van der Waals surface area contributed by atoms with E-state index in [2.05, 4.69) is 4.74 Å².